The number of rotatable bonds is 7. The molecule has 2 fully saturated rings. The topological polar surface area (TPSA) is 66.5 Å². The first-order valence-corrected chi connectivity index (χ1v) is 12.0. The Morgan fingerprint density at radius 3 is 2.27 bits per heavy atom. The first kappa shape index (κ1) is 21.7. The molecule has 1 saturated heterocycles. The molecule has 0 atom stereocenters. The van der Waals surface area contributed by atoms with E-state index in [0.717, 1.165) is 58.2 Å². The number of hydrogen-bond acceptors (Lipinski definition) is 4. The van der Waals surface area contributed by atoms with Gasteiger partial charge in [-0.05, 0) is 57.4 Å². The smallest absolute Gasteiger partial charge is 0.235 e. The normalized spacial score (nSPS) is 22.5. The minimum atomic E-state index is -3.30. The van der Waals surface area contributed by atoms with Gasteiger partial charge >= 0.3 is 0 Å². The molecule has 1 N–H and O–H groups in total. The molecule has 2 rings (SSSR count). The summed E-state index contributed by atoms with van der Waals surface area (Å²) in [4.78, 5) is 14.8. The van der Waals surface area contributed by atoms with Crippen molar-refractivity contribution in [2.45, 2.75) is 89.9 Å². The van der Waals surface area contributed by atoms with Gasteiger partial charge in [-0.3, -0.25) is 4.79 Å². The van der Waals surface area contributed by atoms with Gasteiger partial charge in [-0.1, -0.05) is 33.6 Å². The second-order valence-electron chi connectivity index (χ2n) is 9.83. The van der Waals surface area contributed by atoms with Crippen LogP contribution in [0.1, 0.15) is 79.1 Å². The molecule has 0 spiro atoms. The Hall–Kier alpha value is -0.620. The number of carbonyl (C=O) groups excluding carboxylic acids is 1. The molecule has 152 valence electrons. The standard InChI is InChI=1S/C20H38N2O3S/c1-19(2,3)10-7-13-22-14-11-20(4,12-15-22)21-18(23)16-26(24,25)17-8-5-6-9-17/h17H,5-16H2,1-4H3,(H,21,23). The number of hydrogen-bond donors (Lipinski definition) is 1. The van der Waals surface area contributed by atoms with Crippen LogP contribution in [0.2, 0.25) is 0 Å². The molecule has 0 unspecified atom stereocenters. The highest BCUT2D eigenvalue weighted by Gasteiger charge is 2.35. The maximum atomic E-state index is 12.4. The molecule has 1 aliphatic carbocycles. The fourth-order valence-electron chi connectivity index (χ4n) is 4.15. The monoisotopic (exact) mass is 386 g/mol. The summed E-state index contributed by atoms with van der Waals surface area (Å²) in [6.07, 6.45) is 7.56. The molecule has 1 aliphatic heterocycles. The van der Waals surface area contributed by atoms with Crippen molar-refractivity contribution in [1.82, 2.24) is 10.2 Å². The van der Waals surface area contributed by atoms with E-state index in [1.54, 1.807) is 0 Å². The number of nitrogens with zero attached hydrogens (tertiary/aromatic N) is 1. The van der Waals surface area contributed by atoms with E-state index in [1.807, 2.05) is 0 Å². The average Bonchev–Trinajstić information content (AvgIpc) is 3.02. The van der Waals surface area contributed by atoms with Crippen molar-refractivity contribution in [2.75, 3.05) is 25.4 Å². The molecular weight excluding hydrogens is 348 g/mol. The van der Waals surface area contributed by atoms with Crippen LogP contribution >= 0.6 is 0 Å². The second-order valence-corrected chi connectivity index (χ2v) is 12.1. The molecule has 6 heteroatoms. The Labute approximate surface area is 160 Å². The minimum Gasteiger partial charge on any atom is -0.350 e. The van der Waals surface area contributed by atoms with E-state index in [-0.39, 0.29) is 22.4 Å². The van der Waals surface area contributed by atoms with Crippen molar-refractivity contribution >= 4 is 15.7 Å². The zero-order valence-corrected chi connectivity index (χ0v) is 18.0. The first-order valence-electron chi connectivity index (χ1n) is 10.2. The van der Waals surface area contributed by atoms with Gasteiger partial charge in [0.2, 0.25) is 5.91 Å². The van der Waals surface area contributed by atoms with Crippen molar-refractivity contribution in [3.05, 3.63) is 0 Å². The van der Waals surface area contributed by atoms with Gasteiger partial charge in [-0.15, -0.1) is 0 Å². The van der Waals surface area contributed by atoms with E-state index in [4.69, 9.17) is 0 Å². The lowest BCUT2D eigenvalue weighted by Crippen LogP contribution is -2.54. The summed E-state index contributed by atoms with van der Waals surface area (Å²) in [7, 11) is -3.30. The zero-order valence-electron chi connectivity index (χ0n) is 17.1. The van der Waals surface area contributed by atoms with Gasteiger partial charge in [0.1, 0.15) is 5.75 Å². The van der Waals surface area contributed by atoms with Gasteiger partial charge in [-0.2, -0.15) is 0 Å². The number of piperidine rings is 1. The predicted molar refractivity (Wildman–Crippen MR) is 107 cm³/mol. The molecule has 1 saturated carbocycles. The summed E-state index contributed by atoms with van der Waals surface area (Å²) >= 11 is 0. The molecular formula is C20H38N2O3S. The molecule has 1 amide bonds. The third-order valence-corrected chi connectivity index (χ3v) is 8.10. The Kier molecular flexibility index (Phi) is 7.16. The third-order valence-electron chi connectivity index (χ3n) is 5.94. The summed E-state index contributed by atoms with van der Waals surface area (Å²) in [6, 6.07) is 0. The van der Waals surface area contributed by atoms with Crippen molar-refractivity contribution in [3.63, 3.8) is 0 Å². The largest absolute Gasteiger partial charge is 0.350 e. The van der Waals surface area contributed by atoms with Crippen LogP contribution in [0.5, 0.6) is 0 Å². The van der Waals surface area contributed by atoms with E-state index in [1.165, 1.54) is 12.8 Å². The molecule has 2 aliphatic rings. The van der Waals surface area contributed by atoms with Gasteiger partial charge in [0.05, 0.1) is 5.25 Å². The number of nitrogens with one attached hydrogen (secondary N) is 1. The van der Waals surface area contributed by atoms with Crippen LogP contribution in [-0.4, -0.2) is 55.4 Å². The second kappa shape index (κ2) is 8.59. The Morgan fingerprint density at radius 2 is 1.73 bits per heavy atom. The fraction of sp³-hybridized carbons (Fsp3) is 0.950. The van der Waals surface area contributed by atoms with E-state index in [0.29, 0.717) is 5.41 Å². The minimum absolute atomic E-state index is 0.275. The Morgan fingerprint density at radius 1 is 1.15 bits per heavy atom. The highest BCUT2D eigenvalue weighted by atomic mass is 32.2. The maximum Gasteiger partial charge on any atom is 0.235 e. The van der Waals surface area contributed by atoms with Gasteiger partial charge < -0.3 is 10.2 Å². The first-order chi connectivity index (χ1) is 12.0. The van der Waals surface area contributed by atoms with Crippen molar-refractivity contribution in [2.24, 2.45) is 5.41 Å². The Balaban J connectivity index is 1.75. The number of sulfone groups is 1. The zero-order chi connectivity index (χ0) is 19.4. The summed E-state index contributed by atoms with van der Waals surface area (Å²) < 4.78 is 24.7. The molecule has 0 bridgehead atoms. The SMILES string of the molecule is CC(C)(C)CCCN1CCC(C)(NC(=O)CS(=O)(=O)C2CCCC2)CC1. The Bertz CT molecular complexity index is 566. The average molecular weight is 387 g/mol. The van der Waals surface area contributed by atoms with Crippen molar-refractivity contribution in [1.29, 1.82) is 0 Å². The van der Waals surface area contributed by atoms with Crippen molar-refractivity contribution in [3.8, 4) is 0 Å². The van der Waals surface area contributed by atoms with Gasteiger partial charge in [0.15, 0.2) is 9.84 Å². The lowest BCUT2D eigenvalue weighted by atomic mass is 9.88. The molecule has 26 heavy (non-hydrogen) atoms. The van der Waals surface area contributed by atoms with Gasteiger partial charge in [-0.25, -0.2) is 8.42 Å². The lowest BCUT2D eigenvalue weighted by Gasteiger charge is -2.40. The van der Waals surface area contributed by atoms with E-state index in [2.05, 4.69) is 37.9 Å². The quantitative estimate of drug-likeness (QED) is 0.730. The van der Waals surface area contributed by atoms with Crippen LogP contribution < -0.4 is 5.32 Å². The van der Waals surface area contributed by atoms with Crippen LogP contribution in [0.15, 0.2) is 0 Å². The predicted octanol–water partition coefficient (Wildman–Crippen LogP) is 3.14. The van der Waals surface area contributed by atoms with E-state index >= 15 is 0 Å². The highest BCUT2D eigenvalue weighted by Crippen LogP contribution is 2.26. The fourth-order valence-corrected chi connectivity index (χ4v) is 5.87. The van der Waals surface area contributed by atoms with Crippen LogP contribution in [0, 0.1) is 5.41 Å². The molecule has 0 aromatic heterocycles. The molecule has 0 aromatic rings. The van der Waals surface area contributed by atoms with E-state index in [9.17, 15) is 13.2 Å². The van der Waals surface area contributed by atoms with Gasteiger partial charge in [0, 0.05) is 18.6 Å². The summed E-state index contributed by atoms with van der Waals surface area (Å²) in [5.41, 5.74) is 0.103. The van der Waals surface area contributed by atoms with Crippen molar-refractivity contribution < 1.29 is 13.2 Å². The summed E-state index contributed by atoms with van der Waals surface area (Å²) in [6.45, 7) is 11.9. The van der Waals surface area contributed by atoms with Crippen LogP contribution in [0.4, 0.5) is 0 Å². The van der Waals surface area contributed by atoms with Gasteiger partial charge in [0.25, 0.3) is 0 Å². The van der Waals surface area contributed by atoms with Crippen LogP contribution in [-0.2, 0) is 14.6 Å². The third kappa shape index (κ3) is 6.84. The number of carbonyl (C=O) groups is 1. The number of likely N-dealkylation sites (tertiary alicyclic amines) is 1. The van der Waals surface area contributed by atoms with Crippen LogP contribution in [0.25, 0.3) is 0 Å². The highest BCUT2D eigenvalue weighted by molar-refractivity contribution is 7.92. The maximum absolute atomic E-state index is 12.4. The molecule has 5 nitrogen and oxygen atoms in total. The summed E-state index contributed by atoms with van der Waals surface area (Å²) in [5.74, 6) is -0.664. The molecule has 1 heterocycles. The molecule has 0 aromatic carbocycles. The summed E-state index contributed by atoms with van der Waals surface area (Å²) in [5, 5.41) is 2.73. The lowest BCUT2D eigenvalue weighted by molar-refractivity contribution is -0.120. The van der Waals surface area contributed by atoms with Crippen LogP contribution in [0.3, 0.4) is 0 Å². The molecule has 0 radical (unpaired) electrons. The number of amides is 1. The van der Waals surface area contributed by atoms with E-state index < -0.39 is 9.84 Å².